The first-order valence-electron chi connectivity index (χ1n) is 5.86. The summed E-state index contributed by atoms with van der Waals surface area (Å²) in [6.07, 6.45) is 1.79. The zero-order chi connectivity index (χ0) is 13.8. The Labute approximate surface area is 109 Å². The summed E-state index contributed by atoms with van der Waals surface area (Å²) in [5.74, 6) is -0.602. The number of ether oxygens (including phenoxy) is 1. The molecule has 0 heterocycles. The molecule has 0 saturated heterocycles. The summed E-state index contributed by atoms with van der Waals surface area (Å²) in [7, 11) is 0. The fraction of sp³-hybridized carbons (Fsp3) is 0.385. The Hall–Kier alpha value is -2.16. The zero-order valence-corrected chi connectivity index (χ0v) is 9.98. The highest BCUT2D eigenvalue weighted by atomic mass is 19.3. The van der Waals surface area contributed by atoms with E-state index in [0.717, 1.165) is 12.8 Å². The van der Waals surface area contributed by atoms with Crippen LogP contribution >= 0.6 is 0 Å². The van der Waals surface area contributed by atoms with Crippen molar-refractivity contribution in [3.8, 4) is 11.8 Å². The van der Waals surface area contributed by atoms with E-state index in [0.29, 0.717) is 0 Å². The van der Waals surface area contributed by atoms with Crippen molar-refractivity contribution in [3.05, 3.63) is 29.8 Å². The van der Waals surface area contributed by atoms with Gasteiger partial charge in [0, 0.05) is 0 Å². The van der Waals surface area contributed by atoms with E-state index in [4.69, 9.17) is 5.26 Å². The molecule has 0 radical (unpaired) electrons. The Morgan fingerprint density at radius 1 is 1.42 bits per heavy atom. The number of halogens is 2. The molecule has 2 rings (SSSR count). The molecule has 0 spiro atoms. The van der Waals surface area contributed by atoms with Crippen LogP contribution in [0.4, 0.5) is 8.78 Å². The summed E-state index contributed by atoms with van der Waals surface area (Å²) in [5, 5.41) is 11.5. The molecule has 1 aliphatic rings. The first kappa shape index (κ1) is 13.3. The predicted octanol–water partition coefficient (Wildman–Crippen LogP) is 2.32. The number of carbonyl (C=O) groups excluding carboxylic acids is 1. The molecular formula is C13H12F2N2O2. The van der Waals surface area contributed by atoms with Crippen molar-refractivity contribution in [1.29, 1.82) is 5.26 Å². The van der Waals surface area contributed by atoms with E-state index >= 15 is 0 Å². The SMILES string of the molecule is N#CC(NC(=O)c1ccccc1OC(F)F)C1CC1. The van der Waals surface area contributed by atoms with E-state index in [9.17, 15) is 13.6 Å². The first-order valence-corrected chi connectivity index (χ1v) is 5.86. The molecule has 100 valence electrons. The molecule has 0 aliphatic heterocycles. The molecule has 1 aromatic carbocycles. The minimum Gasteiger partial charge on any atom is -0.434 e. The molecule has 4 nitrogen and oxygen atoms in total. The third kappa shape index (κ3) is 3.41. The normalized spacial score (nSPS) is 15.7. The van der Waals surface area contributed by atoms with E-state index in [1.54, 1.807) is 6.07 Å². The minimum absolute atomic E-state index is 0.00343. The average Bonchev–Trinajstić information content (AvgIpc) is 3.20. The summed E-state index contributed by atoms with van der Waals surface area (Å²) in [4.78, 5) is 12.0. The number of nitrogens with one attached hydrogen (secondary N) is 1. The van der Waals surface area contributed by atoms with Crippen LogP contribution in [-0.2, 0) is 0 Å². The Balaban J connectivity index is 2.12. The molecule has 1 fully saturated rings. The number of nitriles is 1. The number of hydrogen-bond acceptors (Lipinski definition) is 3. The number of para-hydroxylation sites is 1. The Bertz CT molecular complexity index is 510. The molecule has 19 heavy (non-hydrogen) atoms. The molecule has 0 aromatic heterocycles. The molecular weight excluding hydrogens is 254 g/mol. The van der Waals surface area contributed by atoms with Crippen molar-refractivity contribution in [2.45, 2.75) is 25.5 Å². The van der Waals surface area contributed by atoms with E-state index < -0.39 is 18.6 Å². The van der Waals surface area contributed by atoms with Gasteiger partial charge in [-0.15, -0.1) is 0 Å². The molecule has 6 heteroatoms. The van der Waals surface area contributed by atoms with E-state index in [2.05, 4.69) is 10.1 Å². The Morgan fingerprint density at radius 2 is 2.11 bits per heavy atom. The van der Waals surface area contributed by atoms with Gasteiger partial charge in [-0.3, -0.25) is 4.79 Å². The van der Waals surface area contributed by atoms with Crippen molar-refractivity contribution in [2.24, 2.45) is 5.92 Å². The fourth-order valence-corrected chi connectivity index (χ4v) is 1.76. The number of nitrogens with zero attached hydrogens (tertiary/aromatic N) is 1. The van der Waals surface area contributed by atoms with Crippen LogP contribution in [0.2, 0.25) is 0 Å². The van der Waals surface area contributed by atoms with Gasteiger partial charge in [-0.1, -0.05) is 12.1 Å². The van der Waals surface area contributed by atoms with Crippen LogP contribution in [0.1, 0.15) is 23.2 Å². The van der Waals surface area contributed by atoms with Gasteiger partial charge in [0.1, 0.15) is 11.8 Å². The third-order valence-corrected chi connectivity index (χ3v) is 2.87. The van der Waals surface area contributed by atoms with Gasteiger partial charge in [0.05, 0.1) is 11.6 Å². The van der Waals surface area contributed by atoms with Crippen LogP contribution in [0, 0.1) is 17.2 Å². The number of amides is 1. The Morgan fingerprint density at radius 3 is 2.68 bits per heavy atom. The van der Waals surface area contributed by atoms with Crippen LogP contribution in [0.5, 0.6) is 5.75 Å². The second kappa shape index (κ2) is 5.65. The fourth-order valence-electron chi connectivity index (χ4n) is 1.76. The van der Waals surface area contributed by atoms with Gasteiger partial charge in [-0.25, -0.2) is 0 Å². The summed E-state index contributed by atoms with van der Waals surface area (Å²) in [5.41, 5.74) is 0.00343. The van der Waals surface area contributed by atoms with Crippen LogP contribution in [0.3, 0.4) is 0 Å². The number of hydrogen-bond donors (Lipinski definition) is 1. The molecule has 1 amide bonds. The number of benzene rings is 1. The van der Waals surface area contributed by atoms with Crippen LogP contribution < -0.4 is 10.1 Å². The largest absolute Gasteiger partial charge is 0.434 e. The Kier molecular flexibility index (Phi) is 3.95. The summed E-state index contributed by atoms with van der Waals surface area (Å²) >= 11 is 0. The summed E-state index contributed by atoms with van der Waals surface area (Å²) < 4.78 is 28.7. The van der Waals surface area contributed by atoms with Gasteiger partial charge >= 0.3 is 6.61 Å². The summed E-state index contributed by atoms with van der Waals surface area (Å²) in [6.45, 7) is -3.00. The van der Waals surface area contributed by atoms with E-state index in [1.807, 2.05) is 6.07 Å². The highest BCUT2D eigenvalue weighted by Gasteiger charge is 2.33. The van der Waals surface area contributed by atoms with E-state index in [-0.39, 0.29) is 17.2 Å². The molecule has 1 N–H and O–H groups in total. The second-order valence-electron chi connectivity index (χ2n) is 4.29. The van der Waals surface area contributed by atoms with Crippen molar-refractivity contribution in [1.82, 2.24) is 5.32 Å². The number of rotatable bonds is 5. The smallest absolute Gasteiger partial charge is 0.387 e. The number of alkyl halides is 2. The quantitative estimate of drug-likeness (QED) is 0.889. The molecule has 1 unspecified atom stereocenters. The lowest BCUT2D eigenvalue weighted by Crippen LogP contribution is -2.35. The first-order chi connectivity index (χ1) is 9.11. The molecule has 1 saturated carbocycles. The standard InChI is InChI=1S/C13H12F2N2O2/c14-13(15)19-11-4-2-1-3-9(11)12(18)17-10(7-16)8-5-6-8/h1-4,8,10,13H,5-6H2,(H,17,18). The lowest BCUT2D eigenvalue weighted by atomic mass is 10.1. The zero-order valence-electron chi connectivity index (χ0n) is 9.98. The third-order valence-electron chi connectivity index (χ3n) is 2.87. The van der Waals surface area contributed by atoms with Crippen molar-refractivity contribution >= 4 is 5.91 Å². The second-order valence-corrected chi connectivity index (χ2v) is 4.29. The van der Waals surface area contributed by atoms with Crippen molar-refractivity contribution < 1.29 is 18.3 Å². The van der Waals surface area contributed by atoms with Gasteiger partial charge < -0.3 is 10.1 Å². The summed E-state index contributed by atoms with van der Waals surface area (Å²) in [6, 6.07) is 7.15. The minimum atomic E-state index is -3.00. The van der Waals surface area contributed by atoms with Crippen LogP contribution in [0.25, 0.3) is 0 Å². The topological polar surface area (TPSA) is 62.1 Å². The molecule has 1 aliphatic carbocycles. The predicted molar refractivity (Wildman–Crippen MR) is 62.7 cm³/mol. The maximum absolute atomic E-state index is 12.2. The maximum atomic E-state index is 12.2. The van der Waals surface area contributed by atoms with E-state index in [1.165, 1.54) is 18.2 Å². The van der Waals surface area contributed by atoms with Crippen molar-refractivity contribution in [3.63, 3.8) is 0 Å². The highest BCUT2D eigenvalue weighted by Crippen LogP contribution is 2.32. The number of carbonyl (C=O) groups is 1. The lowest BCUT2D eigenvalue weighted by Gasteiger charge is -2.13. The van der Waals surface area contributed by atoms with Crippen LogP contribution in [0.15, 0.2) is 24.3 Å². The highest BCUT2D eigenvalue weighted by molar-refractivity contribution is 5.97. The van der Waals surface area contributed by atoms with Gasteiger partial charge in [0.25, 0.3) is 5.91 Å². The van der Waals surface area contributed by atoms with Gasteiger partial charge in [0.2, 0.25) is 0 Å². The van der Waals surface area contributed by atoms with Gasteiger partial charge in [-0.05, 0) is 30.9 Å². The maximum Gasteiger partial charge on any atom is 0.387 e. The average molecular weight is 266 g/mol. The van der Waals surface area contributed by atoms with Gasteiger partial charge in [-0.2, -0.15) is 14.0 Å². The monoisotopic (exact) mass is 266 g/mol. The molecule has 0 bridgehead atoms. The lowest BCUT2D eigenvalue weighted by molar-refractivity contribution is -0.0501. The van der Waals surface area contributed by atoms with Gasteiger partial charge in [0.15, 0.2) is 0 Å². The molecule has 1 aromatic rings. The van der Waals surface area contributed by atoms with Crippen LogP contribution in [-0.4, -0.2) is 18.6 Å². The van der Waals surface area contributed by atoms with Crippen molar-refractivity contribution in [2.75, 3.05) is 0 Å². The molecule has 1 atom stereocenters.